The summed E-state index contributed by atoms with van der Waals surface area (Å²) in [5, 5.41) is 14.9. The van der Waals surface area contributed by atoms with Crippen LogP contribution in [0.4, 0.5) is 5.82 Å². The average molecular weight is 380 g/mol. The molecule has 3 aromatic heterocycles. The van der Waals surface area contributed by atoms with Crippen LogP contribution in [0.3, 0.4) is 0 Å². The summed E-state index contributed by atoms with van der Waals surface area (Å²) >= 11 is 1.62. The molecular formula is C20H20N4O2S. The van der Waals surface area contributed by atoms with Crippen molar-refractivity contribution in [2.45, 2.75) is 32.7 Å². The van der Waals surface area contributed by atoms with E-state index in [0.717, 1.165) is 33.1 Å². The average Bonchev–Trinajstić information content (AvgIpc) is 3.25. The van der Waals surface area contributed by atoms with Gasteiger partial charge in [-0.15, -0.1) is 11.3 Å². The predicted molar refractivity (Wildman–Crippen MR) is 109 cm³/mol. The molecule has 0 fully saturated rings. The minimum Gasteiger partial charge on any atom is -0.480 e. The van der Waals surface area contributed by atoms with E-state index in [4.69, 9.17) is 0 Å². The summed E-state index contributed by atoms with van der Waals surface area (Å²) < 4.78 is 0. The number of aryl methyl sites for hydroxylation is 2. The van der Waals surface area contributed by atoms with Crippen molar-refractivity contribution in [1.82, 2.24) is 15.0 Å². The lowest BCUT2D eigenvalue weighted by Crippen LogP contribution is -2.32. The largest absolute Gasteiger partial charge is 0.480 e. The van der Waals surface area contributed by atoms with Crippen LogP contribution in [0.25, 0.3) is 21.1 Å². The van der Waals surface area contributed by atoms with Gasteiger partial charge in [0.15, 0.2) is 0 Å². The number of aromatic amines is 1. The van der Waals surface area contributed by atoms with Crippen molar-refractivity contribution < 1.29 is 9.90 Å². The first-order chi connectivity index (χ1) is 13.0. The Morgan fingerprint density at radius 1 is 1.30 bits per heavy atom. The van der Waals surface area contributed by atoms with Gasteiger partial charge in [-0.1, -0.05) is 25.1 Å². The Balaban J connectivity index is 1.69. The number of nitrogens with one attached hydrogen (secondary N) is 2. The summed E-state index contributed by atoms with van der Waals surface area (Å²) in [6.07, 6.45) is 3.15. The molecule has 0 saturated carbocycles. The number of rotatable bonds is 6. The van der Waals surface area contributed by atoms with Gasteiger partial charge in [0.1, 0.15) is 22.5 Å². The number of carbonyl (C=O) groups is 1. The van der Waals surface area contributed by atoms with E-state index in [9.17, 15) is 9.90 Å². The second-order valence-electron chi connectivity index (χ2n) is 6.50. The fourth-order valence-corrected chi connectivity index (χ4v) is 4.26. The lowest BCUT2D eigenvalue weighted by Gasteiger charge is -2.16. The number of aromatic nitrogens is 3. The molecule has 0 aliphatic heterocycles. The molecule has 0 bridgehead atoms. The van der Waals surface area contributed by atoms with Gasteiger partial charge in [0.2, 0.25) is 0 Å². The summed E-state index contributed by atoms with van der Waals surface area (Å²) in [6, 6.07) is 9.16. The monoisotopic (exact) mass is 380 g/mol. The fraction of sp³-hybridized carbons (Fsp3) is 0.250. The summed E-state index contributed by atoms with van der Waals surface area (Å²) in [7, 11) is 0. The first-order valence-corrected chi connectivity index (χ1v) is 9.68. The van der Waals surface area contributed by atoms with Crippen LogP contribution in [0.15, 0.2) is 36.5 Å². The predicted octanol–water partition coefficient (Wildman–Crippen LogP) is 4.15. The standard InChI is InChI=1S/C20H20N4O2S/c1-3-13-9-15-18(22-11(2)23-19(15)27-13)24-17(20(25)26)8-12-10-21-16-7-5-4-6-14(12)16/h4-7,9-10,17,21H,3,8H2,1-2H3,(H,25,26)(H,22,23,24)/t17-/m0/s1. The van der Waals surface area contributed by atoms with Crippen LogP contribution in [-0.2, 0) is 17.6 Å². The van der Waals surface area contributed by atoms with Crippen molar-refractivity contribution in [1.29, 1.82) is 0 Å². The van der Waals surface area contributed by atoms with Crippen LogP contribution >= 0.6 is 11.3 Å². The number of nitrogens with zero attached hydrogens (tertiary/aromatic N) is 2. The number of para-hydroxylation sites is 1. The zero-order valence-electron chi connectivity index (χ0n) is 15.1. The van der Waals surface area contributed by atoms with Gasteiger partial charge < -0.3 is 15.4 Å². The molecular weight excluding hydrogens is 360 g/mol. The number of hydrogen-bond acceptors (Lipinski definition) is 5. The number of fused-ring (bicyclic) bond motifs is 2. The van der Waals surface area contributed by atoms with E-state index in [1.807, 2.05) is 43.5 Å². The highest BCUT2D eigenvalue weighted by Crippen LogP contribution is 2.30. The van der Waals surface area contributed by atoms with Gasteiger partial charge in [-0.25, -0.2) is 14.8 Å². The maximum Gasteiger partial charge on any atom is 0.326 e. The highest BCUT2D eigenvalue weighted by Gasteiger charge is 2.22. The molecule has 27 heavy (non-hydrogen) atoms. The number of hydrogen-bond donors (Lipinski definition) is 3. The number of anilines is 1. The molecule has 0 aliphatic rings. The Morgan fingerprint density at radius 3 is 2.89 bits per heavy atom. The highest BCUT2D eigenvalue weighted by atomic mass is 32.1. The van der Waals surface area contributed by atoms with E-state index < -0.39 is 12.0 Å². The van der Waals surface area contributed by atoms with Gasteiger partial charge in [-0.3, -0.25) is 0 Å². The van der Waals surface area contributed by atoms with Gasteiger partial charge in [0, 0.05) is 28.4 Å². The molecule has 4 rings (SSSR count). The molecule has 0 spiro atoms. The maximum atomic E-state index is 11.9. The Bertz CT molecular complexity index is 1130. The molecule has 1 aromatic carbocycles. The number of benzene rings is 1. The van der Waals surface area contributed by atoms with E-state index >= 15 is 0 Å². The van der Waals surface area contributed by atoms with Gasteiger partial charge in [-0.05, 0) is 31.0 Å². The molecule has 0 amide bonds. The minimum atomic E-state index is -0.907. The molecule has 0 aliphatic carbocycles. The number of thiophene rings is 1. The van der Waals surface area contributed by atoms with E-state index in [0.29, 0.717) is 18.1 Å². The second-order valence-corrected chi connectivity index (χ2v) is 7.62. The third-order valence-corrected chi connectivity index (χ3v) is 5.79. The fourth-order valence-electron chi connectivity index (χ4n) is 3.25. The molecule has 3 heterocycles. The van der Waals surface area contributed by atoms with Gasteiger partial charge in [0.05, 0.1) is 5.39 Å². The molecule has 0 radical (unpaired) electrons. The third-order valence-electron chi connectivity index (χ3n) is 4.61. The molecule has 138 valence electrons. The molecule has 6 nitrogen and oxygen atoms in total. The molecule has 3 N–H and O–H groups in total. The van der Waals surface area contributed by atoms with Crippen molar-refractivity contribution in [2.24, 2.45) is 0 Å². The number of carboxylic acid groups (broad SMARTS) is 1. The maximum absolute atomic E-state index is 11.9. The van der Waals surface area contributed by atoms with Gasteiger partial charge in [-0.2, -0.15) is 0 Å². The van der Waals surface area contributed by atoms with Crippen LogP contribution < -0.4 is 5.32 Å². The van der Waals surface area contributed by atoms with E-state index in [1.165, 1.54) is 4.88 Å². The van der Waals surface area contributed by atoms with Crippen LogP contribution in [0.5, 0.6) is 0 Å². The minimum absolute atomic E-state index is 0.356. The topological polar surface area (TPSA) is 90.9 Å². The van der Waals surface area contributed by atoms with Crippen LogP contribution in [-0.4, -0.2) is 32.1 Å². The quantitative estimate of drug-likeness (QED) is 0.467. The normalized spacial score (nSPS) is 12.5. The van der Waals surface area contributed by atoms with Crippen LogP contribution in [0, 0.1) is 6.92 Å². The lowest BCUT2D eigenvalue weighted by atomic mass is 10.0. The number of H-pyrrole nitrogens is 1. The smallest absolute Gasteiger partial charge is 0.326 e. The first kappa shape index (κ1) is 17.5. The van der Waals surface area contributed by atoms with E-state index in [-0.39, 0.29) is 0 Å². The summed E-state index contributed by atoms with van der Waals surface area (Å²) in [5.74, 6) is 0.307. The lowest BCUT2D eigenvalue weighted by molar-refractivity contribution is -0.137. The van der Waals surface area contributed by atoms with E-state index in [1.54, 1.807) is 11.3 Å². The SMILES string of the molecule is CCc1cc2c(N[C@@H](Cc3c[nH]c4ccccc34)C(=O)O)nc(C)nc2s1. The van der Waals surface area contributed by atoms with E-state index in [2.05, 4.69) is 27.2 Å². The van der Waals surface area contributed by atoms with Crippen molar-refractivity contribution in [3.05, 3.63) is 52.8 Å². The summed E-state index contributed by atoms with van der Waals surface area (Å²) in [5.41, 5.74) is 1.97. The highest BCUT2D eigenvalue weighted by molar-refractivity contribution is 7.18. The molecule has 7 heteroatoms. The third kappa shape index (κ3) is 3.38. The Hall–Kier alpha value is -2.93. The summed E-state index contributed by atoms with van der Waals surface area (Å²) in [4.78, 5) is 26.2. The molecule has 0 unspecified atom stereocenters. The molecule has 4 aromatic rings. The van der Waals surface area contributed by atoms with Crippen LogP contribution in [0.2, 0.25) is 0 Å². The van der Waals surface area contributed by atoms with Gasteiger partial charge in [0.25, 0.3) is 0 Å². The first-order valence-electron chi connectivity index (χ1n) is 8.86. The van der Waals surface area contributed by atoms with Crippen molar-refractivity contribution in [2.75, 3.05) is 5.32 Å². The summed E-state index contributed by atoms with van der Waals surface area (Å²) in [6.45, 7) is 3.92. The molecule has 0 saturated heterocycles. The second kappa shape index (κ2) is 7.00. The van der Waals surface area contributed by atoms with Crippen molar-refractivity contribution >= 4 is 44.2 Å². The van der Waals surface area contributed by atoms with Gasteiger partial charge >= 0.3 is 5.97 Å². The Morgan fingerprint density at radius 2 is 2.11 bits per heavy atom. The van der Waals surface area contributed by atoms with Crippen molar-refractivity contribution in [3.63, 3.8) is 0 Å². The zero-order valence-corrected chi connectivity index (χ0v) is 15.9. The van der Waals surface area contributed by atoms with Crippen molar-refractivity contribution in [3.8, 4) is 0 Å². The molecule has 1 atom stereocenters. The van der Waals surface area contributed by atoms with Crippen LogP contribution in [0.1, 0.15) is 23.2 Å². The Labute approximate surface area is 160 Å². The number of carboxylic acids is 1. The Kier molecular flexibility index (Phi) is 4.53. The zero-order chi connectivity index (χ0) is 19.0. The number of aliphatic carboxylic acids is 1.